The number of nitrogens with zero attached hydrogens (tertiary/aromatic N) is 5. The van der Waals surface area contributed by atoms with Crippen molar-refractivity contribution >= 4 is 17.3 Å². The lowest BCUT2D eigenvalue weighted by molar-refractivity contribution is 0.0115. The van der Waals surface area contributed by atoms with E-state index in [9.17, 15) is 18.8 Å². The number of rotatable bonds is 5. The summed E-state index contributed by atoms with van der Waals surface area (Å²) in [5, 5.41) is 16.8. The van der Waals surface area contributed by atoms with Crippen molar-refractivity contribution in [1.82, 2.24) is 14.7 Å². The van der Waals surface area contributed by atoms with Gasteiger partial charge >= 0.3 is 0 Å². The van der Waals surface area contributed by atoms with Gasteiger partial charge < -0.3 is 15.0 Å². The molecule has 0 bridgehead atoms. The molecule has 1 N–H and O–H groups in total. The van der Waals surface area contributed by atoms with Crippen molar-refractivity contribution in [3.8, 4) is 11.8 Å². The van der Waals surface area contributed by atoms with Crippen molar-refractivity contribution in [1.29, 1.82) is 5.26 Å². The molecule has 3 heterocycles. The number of nitriles is 1. The molecule has 2 saturated heterocycles. The number of ether oxygens (including phenoxy) is 1. The van der Waals surface area contributed by atoms with E-state index in [0.717, 1.165) is 70.1 Å². The van der Waals surface area contributed by atoms with E-state index in [1.807, 2.05) is 6.07 Å². The largest absolute Gasteiger partial charge is 0.379 e. The van der Waals surface area contributed by atoms with E-state index in [4.69, 9.17) is 4.74 Å². The van der Waals surface area contributed by atoms with Gasteiger partial charge in [0.2, 0.25) is 0 Å². The third-order valence-corrected chi connectivity index (χ3v) is 7.14. The van der Waals surface area contributed by atoms with Gasteiger partial charge in [0, 0.05) is 44.0 Å². The first-order valence-electron chi connectivity index (χ1n) is 12.4. The van der Waals surface area contributed by atoms with Gasteiger partial charge in [-0.15, -0.1) is 0 Å². The fourth-order valence-corrected chi connectivity index (χ4v) is 5.10. The van der Waals surface area contributed by atoms with E-state index in [0.29, 0.717) is 28.7 Å². The van der Waals surface area contributed by atoms with E-state index in [1.54, 1.807) is 19.1 Å². The molecule has 0 unspecified atom stereocenters. The van der Waals surface area contributed by atoms with Crippen LogP contribution in [-0.4, -0.2) is 66.0 Å². The van der Waals surface area contributed by atoms with Crippen LogP contribution in [0.15, 0.2) is 42.6 Å². The average Bonchev–Trinajstić information content (AvgIpc) is 3.32. The van der Waals surface area contributed by atoms with Crippen LogP contribution in [0.4, 0.5) is 20.2 Å². The second kappa shape index (κ2) is 10.7. The van der Waals surface area contributed by atoms with Gasteiger partial charge in [-0.1, -0.05) is 0 Å². The van der Waals surface area contributed by atoms with Crippen LogP contribution in [0.25, 0.3) is 5.69 Å². The number of carbonyl (C=O) groups excluding carboxylic acids is 1. The number of aromatic nitrogens is 2. The summed E-state index contributed by atoms with van der Waals surface area (Å²) in [6.45, 7) is 6.93. The minimum absolute atomic E-state index is 0.289. The molecular weight excluding hydrogens is 478 g/mol. The molecule has 3 aromatic rings. The molecule has 2 aliphatic rings. The predicted molar refractivity (Wildman–Crippen MR) is 135 cm³/mol. The lowest BCUT2D eigenvalue weighted by atomic mass is 10.0. The molecule has 0 spiro atoms. The molecule has 2 aliphatic heterocycles. The first-order chi connectivity index (χ1) is 17.9. The number of nitrogens with one attached hydrogen (secondary N) is 1. The Labute approximate surface area is 214 Å². The van der Waals surface area contributed by atoms with E-state index in [2.05, 4.69) is 26.3 Å². The fourth-order valence-electron chi connectivity index (χ4n) is 5.10. The lowest BCUT2D eigenvalue weighted by Crippen LogP contribution is -2.49. The van der Waals surface area contributed by atoms with Crippen LogP contribution in [0.2, 0.25) is 0 Å². The second-order valence-corrected chi connectivity index (χ2v) is 9.32. The van der Waals surface area contributed by atoms with E-state index >= 15 is 0 Å². The number of anilines is 2. The third kappa shape index (κ3) is 5.19. The zero-order chi connectivity index (χ0) is 25.9. The molecule has 5 rings (SSSR count). The van der Waals surface area contributed by atoms with Crippen LogP contribution in [-0.2, 0) is 4.74 Å². The van der Waals surface area contributed by atoms with Crippen molar-refractivity contribution in [3.05, 3.63) is 71.1 Å². The predicted octanol–water partition coefficient (Wildman–Crippen LogP) is 3.88. The summed E-state index contributed by atoms with van der Waals surface area (Å²) in [5.74, 6) is -2.35. The summed E-state index contributed by atoms with van der Waals surface area (Å²) in [4.78, 5) is 17.7. The molecule has 192 valence electrons. The number of hydrogen-bond acceptors (Lipinski definition) is 6. The van der Waals surface area contributed by atoms with Crippen molar-refractivity contribution in [2.45, 2.75) is 25.8 Å². The van der Waals surface area contributed by atoms with E-state index < -0.39 is 17.5 Å². The third-order valence-electron chi connectivity index (χ3n) is 7.14. The molecule has 37 heavy (non-hydrogen) atoms. The number of carbonyl (C=O) groups is 1. The van der Waals surface area contributed by atoms with Gasteiger partial charge in [0.15, 0.2) is 11.6 Å². The molecule has 8 nitrogen and oxygen atoms in total. The normalized spacial score (nSPS) is 17.0. The quantitative estimate of drug-likeness (QED) is 0.565. The maximum absolute atomic E-state index is 13.7. The molecule has 1 amide bonds. The molecule has 0 saturated carbocycles. The lowest BCUT2D eigenvalue weighted by Gasteiger charge is -2.41. The highest BCUT2D eigenvalue weighted by atomic mass is 19.2. The minimum atomic E-state index is -0.993. The molecule has 0 atom stereocenters. The molecular formula is C27H28F2N6O2. The van der Waals surface area contributed by atoms with Crippen molar-refractivity contribution < 1.29 is 18.3 Å². The highest BCUT2D eigenvalue weighted by molar-refractivity contribution is 6.05. The zero-order valence-electron chi connectivity index (χ0n) is 20.6. The van der Waals surface area contributed by atoms with Crippen LogP contribution in [0.1, 0.15) is 34.5 Å². The van der Waals surface area contributed by atoms with Crippen molar-refractivity contribution in [2.75, 3.05) is 49.6 Å². The second-order valence-electron chi connectivity index (χ2n) is 9.32. The van der Waals surface area contributed by atoms with Crippen LogP contribution in [0.3, 0.4) is 0 Å². The number of hydrogen-bond donors (Lipinski definition) is 1. The summed E-state index contributed by atoms with van der Waals surface area (Å²) in [5.41, 5.74) is 2.93. The topological polar surface area (TPSA) is 86.4 Å². The Kier molecular flexibility index (Phi) is 7.17. The Balaban J connectivity index is 1.26. The van der Waals surface area contributed by atoms with Gasteiger partial charge in [-0.25, -0.2) is 13.5 Å². The number of piperidine rings is 1. The first kappa shape index (κ1) is 24.9. The Hall–Kier alpha value is -3.81. The first-order valence-corrected chi connectivity index (χ1v) is 12.4. The van der Waals surface area contributed by atoms with Gasteiger partial charge in [-0.2, -0.15) is 10.4 Å². The van der Waals surface area contributed by atoms with Gasteiger partial charge in [-0.05, 0) is 50.1 Å². The van der Waals surface area contributed by atoms with Crippen LogP contribution < -0.4 is 10.2 Å². The van der Waals surface area contributed by atoms with Gasteiger partial charge in [0.05, 0.1) is 47.6 Å². The van der Waals surface area contributed by atoms with E-state index in [1.165, 1.54) is 16.9 Å². The Bertz CT molecular complexity index is 1340. The average molecular weight is 507 g/mol. The maximum Gasteiger partial charge on any atom is 0.259 e. The SMILES string of the molecule is Cc1c(C(=O)Nc2ccc(N3CCC(N4CCOCC4)CC3)c(C#N)c2)cnn1-c1ccc(F)c(F)c1. The van der Waals surface area contributed by atoms with E-state index in [-0.39, 0.29) is 5.56 Å². The fraction of sp³-hybridized carbons (Fsp3) is 0.370. The number of morpholine rings is 1. The molecule has 10 heteroatoms. The summed E-state index contributed by atoms with van der Waals surface area (Å²) in [7, 11) is 0. The number of benzene rings is 2. The number of halogens is 2. The summed E-state index contributed by atoms with van der Waals surface area (Å²) in [6, 6.07) is 11.6. The number of amides is 1. The van der Waals surface area contributed by atoms with Gasteiger partial charge in [0.1, 0.15) is 6.07 Å². The zero-order valence-corrected chi connectivity index (χ0v) is 20.6. The maximum atomic E-state index is 13.7. The highest BCUT2D eigenvalue weighted by Gasteiger charge is 2.27. The monoisotopic (exact) mass is 506 g/mol. The Morgan fingerprint density at radius 3 is 2.54 bits per heavy atom. The van der Waals surface area contributed by atoms with Gasteiger partial charge in [-0.3, -0.25) is 9.69 Å². The van der Waals surface area contributed by atoms with Gasteiger partial charge in [0.25, 0.3) is 5.91 Å². The van der Waals surface area contributed by atoms with Crippen LogP contribution in [0, 0.1) is 29.9 Å². The molecule has 1 aromatic heterocycles. The van der Waals surface area contributed by atoms with Crippen LogP contribution in [0.5, 0.6) is 0 Å². The standard InChI is InChI=1S/C27H28F2N6O2/c1-18-23(17-31-35(18)22-3-4-24(28)25(29)15-22)27(36)32-20-2-5-26(19(14-20)16-30)34-8-6-21(7-9-34)33-10-12-37-13-11-33/h2-5,14-15,17,21H,6-13H2,1H3,(H,32,36). The molecule has 2 aromatic carbocycles. The molecule has 0 aliphatic carbocycles. The van der Waals surface area contributed by atoms with Crippen molar-refractivity contribution in [3.63, 3.8) is 0 Å². The Morgan fingerprint density at radius 1 is 1.08 bits per heavy atom. The highest BCUT2D eigenvalue weighted by Crippen LogP contribution is 2.28. The smallest absolute Gasteiger partial charge is 0.259 e. The minimum Gasteiger partial charge on any atom is -0.379 e. The Morgan fingerprint density at radius 2 is 1.84 bits per heavy atom. The summed E-state index contributed by atoms with van der Waals surface area (Å²) in [6.07, 6.45) is 3.44. The molecule has 2 fully saturated rings. The van der Waals surface area contributed by atoms with Crippen molar-refractivity contribution in [2.24, 2.45) is 0 Å². The molecule has 0 radical (unpaired) electrons. The van der Waals surface area contributed by atoms with Crippen LogP contribution >= 0.6 is 0 Å². The summed E-state index contributed by atoms with van der Waals surface area (Å²) >= 11 is 0. The summed E-state index contributed by atoms with van der Waals surface area (Å²) < 4.78 is 33.8.